The van der Waals surface area contributed by atoms with E-state index < -0.39 is 0 Å². The van der Waals surface area contributed by atoms with Gasteiger partial charge in [0.25, 0.3) is 0 Å². The molecule has 0 radical (unpaired) electrons. The monoisotopic (exact) mass is 255 g/mol. The minimum Gasteiger partial charge on any atom is -0.406 e. The predicted octanol–water partition coefficient (Wildman–Crippen LogP) is 3.85. The molecule has 0 bridgehead atoms. The smallest absolute Gasteiger partial charge is 0.147 e. The molecule has 0 fully saturated rings. The van der Waals surface area contributed by atoms with E-state index in [9.17, 15) is 0 Å². The summed E-state index contributed by atoms with van der Waals surface area (Å²) in [6, 6.07) is 18.7. The molecule has 2 heteroatoms. The van der Waals surface area contributed by atoms with Gasteiger partial charge in [0, 0.05) is 13.6 Å². The lowest BCUT2D eigenvalue weighted by Gasteiger charge is -2.17. The number of rotatable bonds is 6. The van der Waals surface area contributed by atoms with Crippen molar-refractivity contribution >= 4 is 0 Å². The number of hydrogen-bond acceptors (Lipinski definition) is 2. The van der Waals surface area contributed by atoms with E-state index in [1.54, 1.807) is 0 Å². The molecule has 2 aromatic carbocycles. The molecule has 0 saturated heterocycles. The molecule has 0 aliphatic carbocycles. The third kappa shape index (κ3) is 4.76. The van der Waals surface area contributed by atoms with Crippen LogP contribution < -0.4 is 4.84 Å². The zero-order chi connectivity index (χ0) is 13.5. The third-order valence-electron chi connectivity index (χ3n) is 3.06. The predicted molar refractivity (Wildman–Crippen MR) is 79.2 cm³/mol. The Bertz CT molecular complexity index is 478. The van der Waals surface area contributed by atoms with E-state index in [2.05, 4.69) is 49.4 Å². The molecular weight excluding hydrogens is 234 g/mol. The van der Waals surface area contributed by atoms with Gasteiger partial charge in [-0.05, 0) is 37.5 Å². The summed E-state index contributed by atoms with van der Waals surface area (Å²) in [4.78, 5) is 5.74. The lowest BCUT2D eigenvalue weighted by atomic mass is 10.1. The lowest BCUT2D eigenvalue weighted by Crippen LogP contribution is -2.24. The molecule has 2 rings (SSSR count). The van der Waals surface area contributed by atoms with Gasteiger partial charge >= 0.3 is 0 Å². The van der Waals surface area contributed by atoms with Crippen LogP contribution in [0.3, 0.4) is 0 Å². The second-order valence-corrected chi connectivity index (χ2v) is 4.84. The molecule has 0 spiro atoms. The van der Waals surface area contributed by atoms with Crippen LogP contribution in [0.15, 0.2) is 54.6 Å². The molecule has 100 valence electrons. The molecule has 0 amide bonds. The molecule has 0 aliphatic rings. The van der Waals surface area contributed by atoms with E-state index in [1.165, 1.54) is 11.1 Å². The molecule has 2 nitrogen and oxygen atoms in total. The first kappa shape index (κ1) is 13.6. The highest BCUT2D eigenvalue weighted by Crippen LogP contribution is 2.12. The van der Waals surface area contributed by atoms with Crippen LogP contribution in [0.1, 0.15) is 17.5 Å². The van der Waals surface area contributed by atoms with Gasteiger partial charge in [-0.25, -0.2) is 0 Å². The van der Waals surface area contributed by atoms with Crippen LogP contribution in [0.25, 0.3) is 0 Å². The molecule has 0 N–H and O–H groups in total. The van der Waals surface area contributed by atoms with Crippen LogP contribution in [-0.4, -0.2) is 18.7 Å². The second-order valence-electron chi connectivity index (χ2n) is 4.84. The lowest BCUT2D eigenvalue weighted by molar-refractivity contribution is -0.0322. The van der Waals surface area contributed by atoms with Crippen molar-refractivity contribution in [3.05, 3.63) is 65.7 Å². The standard InChI is InChI=1S/C17H21NO/c1-15-10-12-17(13-11-15)19-18(2)14-6-9-16-7-4-3-5-8-16/h3-5,7-8,10-13H,6,9,14H2,1-2H3. The Morgan fingerprint density at radius 2 is 1.63 bits per heavy atom. The van der Waals surface area contributed by atoms with E-state index in [-0.39, 0.29) is 0 Å². The van der Waals surface area contributed by atoms with Crippen LogP contribution in [0.4, 0.5) is 0 Å². The van der Waals surface area contributed by atoms with Crippen molar-refractivity contribution in [2.24, 2.45) is 0 Å². The van der Waals surface area contributed by atoms with Gasteiger partial charge in [0.2, 0.25) is 0 Å². The van der Waals surface area contributed by atoms with Crippen molar-refractivity contribution in [3.63, 3.8) is 0 Å². The molecule has 0 saturated carbocycles. The number of hydrogen-bond donors (Lipinski definition) is 0. The maximum atomic E-state index is 5.74. The first-order valence-corrected chi connectivity index (χ1v) is 6.74. The summed E-state index contributed by atoms with van der Waals surface area (Å²) in [5.74, 6) is 0.896. The van der Waals surface area contributed by atoms with Gasteiger partial charge in [0.15, 0.2) is 0 Å². The van der Waals surface area contributed by atoms with Crippen molar-refractivity contribution < 1.29 is 4.84 Å². The molecule has 0 aliphatic heterocycles. The van der Waals surface area contributed by atoms with Crippen LogP contribution in [0, 0.1) is 6.92 Å². The maximum Gasteiger partial charge on any atom is 0.147 e. The summed E-state index contributed by atoms with van der Waals surface area (Å²) in [6.07, 6.45) is 2.18. The van der Waals surface area contributed by atoms with Crippen molar-refractivity contribution in [1.29, 1.82) is 0 Å². The van der Waals surface area contributed by atoms with Crippen molar-refractivity contribution in [3.8, 4) is 5.75 Å². The maximum absolute atomic E-state index is 5.74. The highest BCUT2D eigenvalue weighted by Gasteiger charge is 2.01. The Hall–Kier alpha value is -1.80. The van der Waals surface area contributed by atoms with Crippen LogP contribution >= 0.6 is 0 Å². The molecule has 0 aromatic heterocycles. The first-order chi connectivity index (χ1) is 9.24. The van der Waals surface area contributed by atoms with Crippen molar-refractivity contribution in [2.45, 2.75) is 19.8 Å². The molecule has 0 atom stereocenters. The van der Waals surface area contributed by atoms with Gasteiger partial charge in [0.1, 0.15) is 5.75 Å². The van der Waals surface area contributed by atoms with Crippen LogP contribution in [-0.2, 0) is 6.42 Å². The minimum absolute atomic E-state index is 0.896. The first-order valence-electron chi connectivity index (χ1n) is 6.74. The van der Waals surface area contributed by atoms with E-state index in [4.69, 9.17) is 4.84 Å². The highest BCUT2D eigenvalue weighted by atomic mass is 16.7. The molecule has 0 unspecified atom stereocenters. The zero-order valence-electron chi connectivity index (χ0n) is 11.7. The SMILES string of the molecule is Cc1ccc(ON(C)CCCc2ccccc2)cc1. The summed E-state index contributed by atoms with van der Waals surface area (Å²) in [7, 11) is 1.98. The quantitative estimate of drug-likeness (QED) is 0.727. The van der Waals surface area contributed by atoms with E-state index in [1.807, 2.05) is 24.2 Å². The average Bonchev–Trinajstić information content (AvgIpc) is 2.43. The van der Waals surface area contributed by atoms with Gasteiger partial charge in [-0.2, -0.15) is 0 Å². The largest absolute Gasteiger partial charge is 0.406 e. The van der Waals surface area contributed by atoms with Gasteiger partial charge in [0.05, 0.1) is 0 Å². The van der Waals surface area contributed by atoms with Crippen molar-refractivity contribution in [2.75, 3.05) is 13.6 Å². The van der Waals surface area contributed by atoms with Gasteiger partial charge in [-0.1, -0.05) is 48.0 Å². The summed E-state index contributed by atoms with van der Waals surface area (Å²) in [5.41, 5.74) is 2.63. The number of nitrogens with zero attached hydrogens (tertiary/aromatic N) is 1. The molecular formula is C17H21NO. The number of hydroxylamine groups is 2. The molecule has 2 aromatic rings. The topological polar surface area (TPSA) is 12.5 Å². The fourth-order valence-electron chi connectivity index (χ4n) is 1.98. The Morgan fingerprint density at radius 3 is 2.32 bits per heavy atom. The Labute approximate surface area is 115 Å². The Kier molecular flexibility index (Phi) is 4.99. The number of benzene rings is 2. The van der Waals surface area contributed by atoms with Crippen molar-refractivity contribution in [1.82, 2.24) is 5.06 Å². The van der Waals surface area contributed by atoms with E-state index in [0.717, 1.165) is 25.1 Å². The highest BCUT2D eigenvalue weighted by molar-refractivity contribution is 5.25. The zero-order valence-corrected chi connectivity index (χ0v) is 11.7. The minimum atomic E-state index is 0.896. The summed E-state index contributed by atoms with van der Waals surface area (Å²) < 4.78 is 0. The van der Waals surface area contributed by atoms with E-state index >= 15 is 0 Å². The summed E-state index contributed by atoms with van der Waals surface area (Å²) >= 11 is 0. The van der Waals surface area contributed by atoms with Crippen LogP contribution in [0.5, 0.6) is 5.75 Å². The molecule has 19 heavy (non-hydrogen) atoms. The van der Waals surface area contributed by atoms with Crippen LogP contribution in [0.2, 0.25) is 0 Å². The summed E-state index contributed by atoms with van der Waals surface area (Å²) in [5, 5.41) is 1.90. The van der Waals surface area contributed by atoms with Gasteiger partial charge in [-0.3, -0.25) is 0 Å². The average molecular weight is 255 g/mol. The molecule has 0 heterocycles. The third-order valence-corrected chi connectivity index (χ3v) is 3.06. The second kappa shape index (κ2) is 6.95. The van der Waals surface area contributed by atoms with E-state index in [0.29, 0.717) is 0 Å². The fourth-order valence-corrected chi connectivity index (χ4v) is 1.98. The van der Waals surface area contributed by atoms with Gasteiger partial charge < -0.3 is 4.84 Å². The Balaban J connectivity index is 1.73. The summed E-state index contributed by atoms with van der Waals surface area (Å²) in [6.45, 7) is 3.00. The fraction of sp³-hybridized carbons (Fsp3) is 0.294. The normalized spacial score (nSPS) is 10.7. The Morgan fingerprint density at radius 1 is 0.947 bits per heavy atom. The van der Waals surface area contributed by atoms with Gasteiger partial charge in [-0.15, -0.1) is 5.06 Å². The number of aryl methyl sites for hydroxylation is 2.